The van der Waals surface area contributed by atoms with Gasteiger partial charge in [-0.3, -0.25) is 14.5 Å². The van der Waals surface area contributed by atoms with Gasteiger partial charge in [0, 0.05) is 41.6 Å². The summed E-state index contributed by atoms with van der Waals surface area (Å²) in [5.41, 5.74) is 2.48. The van der Waals surface area contributed by atoms with E-state index < -0.39 is 29.4 Å². The first-order chi connectivity index (χ1) is 16.1. The summed E-state index contributed by atoms with van der Waals surface area (Å²) in [6.07, 6.45) is 0. The van der Waals surface area contributed by atoms with Crippen molar-refractivity contribution < 1.29 is 23.5 Å². The highest BCUT2D eigenvalue weighted by molar-refractivity contribution is 9.10. The van der Waals surface area contributed by atoms with Crippen LogP contribution >= 0.6 is 15.9 Å². The van der Waals surface area contributed by atoms with E-state index in [0.29, 0.717) is 11.1 Å². The molecule has 4 rings (SSSR count). The second-order valence-electron chi connectivity index (χ2n) is 8.22. The highest BCUT2D eigenvalue weighted by Crippen LogP contribution is 2.43. The van der Waals surface area contributed by atoms with Crippen molar-refractivity contribution >= 4 is 44.8 Å². The maximum absolute atomic E-state index is 14.1. The van der Waals surface area contributed by atoms with E-state index in [4.69, 9.17) is 0 Å². The lowest BCUT2D eigenvalue weighted by Crippen LogP contribution is -2.29. The van der Waals surface area contributed by atoms with Crippen LogP contribution in [0.4, 0.5) is 20.2 Å². The summed E-state index contributed by atoms with van der Waals surface area (Å²) in [6, 6.07) is 14.1. The molecule has 8 heteroatoms. The van der Waals surface area contributed by atoms with Crippen molar-refractivity contribution in [2.45, 2.75) is 13.0 Å². The van der Waals surface area contributed by atoms with Crippen LogP contribution in [0.5, 0.6) is 0 Å². The maximum atomic E-state index is 14.1. The van der Waals surface area contributed by atoms with Crippen molar-refractivity contribution in [1.82, 2.24) is 0 Å². The largest absolute Gasteiger partial charge is 0.507 e. The topological polar surface area (TPSA) is 60.9 Å². The summed E-state index contributed by atoms with van der Waals surface area (Å²) in [5.74, 6) is -4.42. The molecule has 1 saturated heterocycles. The van der Waals surface area contributed by atoms with Gasteiger partial charge < -0.3 is 10.0 Å². The van der Waals surface area contributed by atoms with Gasteiger partial charge in [-0.2, -0.15) is 0 Å². The predicted octanol–water partition coefficient (Wildman–Crippen LogP) is 5.73. The second kappa shape index (κ2) is 9.02. The van der Waals surface area contributed by atoms with Gasteiger partial charge in [0.2, 0.25) is 0 Å². The monoisotopic (exact) mass is 526 g/mol. The summed E-state index contributed by atoms with van der Waals surface area (Å²) in [6.45, 7) is 1.83. The molecule has 1 aliphatic rings. The van der Waals surface area contributed by atoms with E-state index in [9.17, 15) is 23.5 Å². The number of hydrogen-bond donors (Lipinski definition) is 1. The van der Waals surface area contributed by atoms with Gasteiger partial charge in [-0.05, 0) is 54.4 Å². The third-order valence-electron chi connectivity index (χ3n) is 5.78. The Labute approximate surface area is 204 Å². The van der Waals surface area contributed by atoms with Gasteiger partial charge in [-0.1, -0.05) is 34.1 Å². The normalized spacial score (nSPS) is 17.4. The quantitative estimate of drug-likeness (QED) is 0.268. The maximum Gasteiger partial charge on any atom is 0.300 e. The van der Waals surface area contributed by atoms with Crippen LogP contribution in [0.1, 0.15) is 22.7 Å². The van der Waals surface area contributed by atoms with Gasteiger partial charge in [0.05, 0.1) is 11.6 Å². The first-order valence-corrected chi connectivity index (χ1v) is 11.2. The number of Topliss-reactive ketones (excluding diaryl/α,β-unsaturated/α-hetero) is 1. The molecule has 0 spiro atoms. The molecule has 0 bridgehead atoms. The van der Waals surface area contributed by atoms with Gasteiger partial charge >= 0.3 is 0 Å². The minimum absolute atomic E-state index is 0.00808. The zero-order chi connectivity index (χ0) is 24.7. The van der Waals surface area contributed by atoms with Crippen LogP contribution in [0.2, 0.25) is 0 Å². The van der Waals surface area contributed by atoms with E-state index in [-0.39, 0.29) is 17.0 Å². The molecule has 1 unspecified atom stereocenters. The highest BCUT2D eigenvalue weighted by Gasteiger charge is 2.47. The number of ketones is 1. The number of aliphatic hydroxyl groups is 1. The first-order valence-electron chi connectivity index (χ1n) is 10.4. The number of amides is 1. The SMILES string of the molecule is Cc1cc(/C(O)=C2\C(=O)C(=O)N(c3ccc(F)c(F)c3)C2c2ccc(N(C)C)cc2)ccc1Br. The van der Waals surface area contributed by atoms with Crippen LogP contribution in [0, 0.1) is 18.6 Å². The van der Waals surface area contributed by atoms with E-state index in [1.54, 1.807) is 30.3 Å². The van der Waals surface area contributed by atoms with E-state index in [0.717, 1.165) is 32.8 Å². The van der Waals surface area contributed by atoms with Gasteiger partial charge in [0.1, 0.15) is 5.76 Å². The Kier molecular flexibility index (Phi) is 6.27. The smallest absolute Gasteiger partial charge is 0.300 e. The first kappa shape index (κ1) is 23.6. The molecule has 1 N–H and O–H groups in total. The Bertz CT molecular complexity index is 1340. The molecule has 174 valence electrons. The molecular weight excluding hydrogens is 506 g/mol. The Hall–Kier alpha value is -3.52. The molecule has 0 aliphatic carbocycles. The molecule has 1 heterocycles. The number of benzene rings is 3. The molecule has 0 radical (unpaired) electrons. The van der Waals surface area contributed by atoms with Crippen molar-refractivity contribution in [3.8, 4) is 0 Å². The van der Waals surface area contributed by atoms with E-state index in [1.807, 2.05) is 38.1 Å². The summed E-state index contributed by atoms with van der Waals surface area (Å²) in [5, 5.41) is 11.2. The number of carbonyl (C=O) groups is 2. The molecule has 5 nitrogen and oxygen atoms in total. The fourth-order valence-electron chi connectivity index (χ4n) is 3.95. The lowest BCUT2D eigenvalue weighted by Gasteiger charge is -2.26. The second-order valence-corrected chi connectivity index (χ2v) is 9.07. The standard InChI is InChI=1S/C26H21BrF2N2O3/c1-14-12-16(6-10-19(14)27)24(32)22-23(15-4-7-17(8-5-15)30(2)3)31(26(34)25(22)33)18-9-11-20(28)21(29)13-18/h4-13,23,32H,1-3H3/b24-22+. The van der Waals surface area contributed by atoms with Crippen molar-refractivity contribution in [3.63, 3.8) is 0 Å². The molecular formula is C26H21BrF2N2O3. The van der Waals surface area contributed by atoms with Crippen LogP contribution in [0.3, 0.4) is 0 Å². The van der Waals surface area contributed by atoms with Gasteiger partial charge in [-0.25, -0.2) is 8.78 Å². The number of hydrogen-bond acceptors (Lipinski definition) is 4. The molecule has 1 atom stereocenters. The van der Waals surface area contributed by atoms with Gasteiger partial charge in [-0.15, -0.1) is 0 Å². The minimum Gasteiger partial charge on any atom is -0.507 e. The number of halogens is 3. The number of carbonyl (C=O) groups excluding carboxylic acids is 2. The average molecular weight is 527 g/mol. The van der Waals surface area contributed by atoms with Crippen LogP contribution < -0.4 is 9.80 Å². The zero-order valence-electron chi connectivity index (χ0n) is 18.6. The lowest BCUT2D eigenvalue weighted by atomic mass is 9.94. The zero-order valence-corrected chi connectivity index (χ0v) is 20.2. The molecule has 0 aromatic heterocycles. The van der Waals surface area contributed by atoms with Crippen molar-refractivity contribution in [1.29, 1.82) is 0 Å². The Morgan fingerprint density at radius 1 is 0.971 bits per heavy atom. The van der Waals surface area contributed by atoms with E-state index in [1.165, 1.54) is 6.07 Å². The Morgan fingerprint density at radius 2 is 1.65 bits per heavy atom. The van der Waals surface area contributed by atoms with Gasteiger partial charge in [0.15, 0.2) is 11.6 Å². The van der Waals surface area contributed by atoms with E-state index in [2.05, 4.69) is 15.9 Å². The highest BCUT2D eigenvalue weighted by atomic mass is 79.9. The summed E-state index contributed by atoms with van der Waals surface area (Å²) >= 11 is 3.41. The Balaban J connectivity index is 1.95. The summed E-state index contributed by atoms with van der Waals surface area (Å²) < 4.78 is 28.5. The van der Waals surface area contributed by atoms with Crippen molar-refractivity contribution in [2.24, 2.45) is 0 Å². The third kappa shape index (κ3) is 4.09. The van der Waals surface area contributed by atoms with Crippen LogP contribution in [-0.4, -0.2) is 30.9 Å². The van der Waals surface area contributed by atoms with Crippen molar-refractivity contribution in [3.05, 3.63) is 99.0 Å². The molecule has 3 aromatic rings. The molecule has 34 heavy (non-hydrogen) atoms. The fourth-order valence-corrected chi connectivity index (χ4v) is 4.20. The third-order valence-corrected chi connectivity index (χ3v) is 6.67. The minimum atomic E-state index is -1.15. The fraction of sp³-hybridized carbons (Fsp3) is 0.154. The number of nitrogens with zero attached hydrogens (tertiary/aromatic N) is 2. The lowest BCUT2D eigenvalue weighted by molar-refractivity contribution is -0.132. The van der Waals surface area contributed by atoms with Crippen LogP contribution in [-0.2, 0) is 9.59 Å². The van der Waals surface area contributed by atoms with Crippen molar-refractivity contribution in [2.75, 3.05) is 23.9 Å². The van der Waals surface area contributed by atoms with Crippen LogP contribution in [0.25, 0.3) is 5.76 Å². The predicted molar refractivity (Wildman–Crippen MR) is 131 cm³/mol. The summed E-state index contributed by atoms with van der Waals surface area (Å²) in [4.78, 5) is 29.3. The number of rotatable bonds is 4. The average Bonchev–Trinajstić information content (AvgIpc) is 3.07. The molecule has 3 aromatic carbocycles. The molecule has 1 fully saturated rings. The molecule has 0 saturated carbocycles. The van der Waals surface area contributed by atoms with Gasteiger partial charge in [0.25, 0.3) is 11.7 Å². The summed E-state index contributed by atoms with van der Waals surface area (Å²) in [7, 11) is 3.75. The number of aryl methyl sites for hydroxylation is 1. The molecule has 1 aliphatic heterocycles. The Morgan fingerprint density at radius 3 is 2.24 bits per heavy atom. The molecule has 1 amide bonds. The van der Waals surface area contributed by atoms with Crippen LogP contribution in [0.15, 0.2) is 70.7 Å². The number of aliphatic hydroxyl groups excluding tert-OH is 1. The van der Waals surface area contributed by atoms with E-state index >= 15 is 0 Å². The number of anilines is 2.